The number of ether oxygens (including phenoxy) is 1. The Kier molecular flexibility index (Phi) is 4.86. The van der Waals surface area contributed by atoms with Crippen molar-refractivity contribution in [2.75, 3.05) is 19.8 Å². The van der Waals surface area contributed by atoms with Crippen molar-refractivity contribution >= 4 is 26.0 Å². The van der Waals surface area contributed by atoms with E-state index in [4.69, 9.17) is 10.5 Å². The highest BCUT2D eigenvalue weighted by Gasteiger charge is 2.33. The molecule has 1 fully saturated rings. The molecule has 1 aliphatic rings. The number of nitrogens with zero attached hydrogens (tertiary/aromatic N) is 1. The van der Waals surface area contributed by atoms with Crippen LogP contribution in [0.4, 0.5) is 0 Å². The van der Waals surface area contributed by atoms with Crippen LogP contribution in [0.5, 0.6) is 0 Å². The van der Waals surface area contributed by atoms with E-state index in [1.807, 2.05) is 13.0 Å². The number of hydrogen-bond acceptors (Lipinski definition) is 4. The van der Waals surface area contributed by atoms with Gasteiger partial charge in [-0.15, -0.1) is 0 Å². The van der Waals surface area contributed by atoms with Crippen molar-refractivity contribution in [1.29, 1.82) is 0 Å². The fourth-order valence-corrected chi connectivity index (χ4v) is 4.83. The largest absolute Gasteiger partial charge is 0.378 e. The summed E-state index contributed by atoms with van der Waals surface area (Å²) in [4.78, 5) is 0.320. The number of nitrogens with two attached hydrogens (primary N) is 1. The Morgan fingerprint density at radius 1 is 1.50 bits per heavy atom. The second-order valence-corrected chi connectivity index (χ2v) is 7.66. The molecule has 0 aliphatic carbocycles. The van der Waals surface area contributed by atoms with Crippen molar-refractivity contribution in [3.63, 3.8) is 0 Å². The number of morpholine rings is 1. The maximum absolute atomic E-state index is 12.8. The highest BCUT2D eigenvalue weighted by molar-refractivity contribution is 9.10. The highest BCUT2D eigenvalue weighted by atomic mass is 79.9. The number of benzene rings is 1. The van der Waals surface area contributed by atoms with Crippen molar-refractivity contribution in [2.24, 2.45) is 5.73 Å². The minimum atomic E-state index is -3.53. The molecular formula is C13H19BrN2O3S. The molecule has 112 valence electrons. The van der Waals surface area contributed by atoms with Gasteiger partial charge in [0.1, 0.15) is 0 Å². The van der Waals surface area contributed by atoms with Gasteiger partial charge in [-0.05, 0) is 37.1 Å². The molecule has 1 atom stereocenters. The summed E-state index contributed by atoms with van der Waals surface area (Å²) >= 11 is 3.41. The van der Waals surface area contributed by atoms with Gasteiger partial charge < -0.3 is 10.5 Å². The maximum Gasteiger partial charge on any atom is 0.243 e. The molecule has 1 heterocycles. The van der Waals surface area contributed by atoms with E-state index in [1.54, 1.807) is 13.0 Å². The Balaban J connectivity index is 2.51. The zero-order valence-corrected chi connectivity index (χ0v) is 14.0. The average molecular weight is 363 g/mol. The Morgan fingerprint density at radius 2 is 2.20 bits per heavy atom. The van der Waals surface area contributed by atoms with Gasteiger partial charge in [-0.1, -0.05) is 15.9 Å². The molecule has 1 aliphatic heterocycles. The third-order valence-corrected chi connectivity index (χ3v) is 6.45. The Hall–Kier alpha value is -0.470. The lowest BCUT2D eigenvalue weighted by Crippen LogP contribution is -2.47. The summed E-state index contributed by atoms with van der Waals surface area (Å²) in [6.07, 6.45) is 0. The van der Waals surface area contributed by atoms with Crippen LogP contribution in [0, 0.1) is 6.92 Å². The first-order chi connectivity index (χ1) is 9.37. The highest BCUT2D eigenvalue weighted by Crippen LogP contribution is 2.29. The topological polar surface area (TPSA) is 72.6 Å². The number of sulfonamides is 1. The van der Waals surface area contributed by atoms with Crippen LogP contribution in [0.2, 0.25) is 0 Å². The Morgan fingerprint density at radius 3 is 2.80 bits per heavy atom. The fraction of sp³-hybridized carbons (Fsp3) is 0.538. The molecule has 2 N–H and O–H groups in total. The normalized spacial score (nSPS) is 21.1. The first-order valence-corrected chi connectivity index (χ1v) is 8.70. The van der Waals surface area contributed by atoms with Crippen molar-refractivity contribution in [2.45, 2.75) is 31.3 Å². The maximum atomic E-state index is 12.8. The third kappa shape index (κ3) is 2.92. The molecule has 0 saturated carbocycles. The minimum Gasteiger partial charge on any atom is -0.378 e. The smallest absolute Gasteiger partial charge is 0.243 e. The molecule has 1 unspecified atom stereocenters. The van der Waals surface area contributed by atoms with E-state index in [0.29, 0.717) is 36.8 Å². The third-order valence-electron chi connectivity index (χ3n) is 3.49. The van der Waals surface area contributed by atoms with Crippen molar-refractivity contribution in [3.05, 3.63) is 27.7 Å². The van der Waals surface area contributed by atoms with Crippen LogP contribution in [-0.2, 0) is 21.3 Å². The Labute approximate surface area is 128 Å². The van der Waals surface area contributed by atoms with E-state index in [2.05, 4.69) is 15.9 Å². The first kappa shape index (κ1) is 15.9. The minimum absolute atomic E-state index is 0.159. The van der Waals surface area contributed by atoms with E-state index in [9.17, 15) is 8.42 Å². The molecule has 0 bridgehead atoms. The Bertz CT molecular complexity index is 604. The lowest BCUT2D eigenvalue weighted by Gasteiger charge is -2.32. The molecule has 20 heavy (non-hydrogen) atoms. The van der Waals surface area contributed by atoms with Crippen molar-refractivity contribution in [1.82, 2.24) is 4.31 Å². The van der Waals surface area contributed by atoms with Crippen molar-refractivity contribution < 1.29 is 13.2 Å². The summed E-state index contributed by atoms with van der Waals surface area (Å²) in [6, 6.07) is 3.36. The molecule has 1 aromatic rings. The molecule has 0 radical (unpaired) electrons. The lowest BCUT2D eigenvalue weighted by molar-refractivity contribution is 0.0392. The van der Waals surface area contributed by atoms with E-state index < -0.39 is 10.0 Å². The average Bonchev–Trinajstić information content (AvgIpc) is 2.41. The van der Waals surface area contributed by atoms with Gasteiger partial charge >= 0.3 is 0 Å². The van der Waals surface area contributed by atoms with Gasteiger partial charge in [-0.3, -0.25) is 0 Å². The summed E-state index contributed by atoms with van der Waals surface area (Å²) in [6.45, 7) is 5.19. The van der Waals surface area contributed by atoms with Gasteiger partial charge in [0.05, 0.1) is 18.1 Å². The predicted octanol–water partition coefficient (Wildman–Crippen LogP) is 1.63. The molecule has 5 nitrogen and oxygen atoms in total. The van der Waals surface area contributed by atoms with Crippen molar-refractivity contribution in [3.8, 4) is 0 Å². The molecule has 0 spiro atoms. The van der Waals surface area contributed by atoms with Crippen LogP contribution < -0.4 is 5.73 Å². The number of hydrogen-bond donors (Lipinski definition) is 1. The lowest BCUT2D eigenvalue weighted by atomic mass is 10.1. The van der Waals surface area contributed by atoms with E-state index in [0.717, 1.165) is 10.0 Å². The molecule has 1 aromatic carbocycles. The molecular weight excluding hydrogens is 344 g/mol. The van der Waals surface area contributed by atoms with E-state index in [-0.39, 0.29) is 6.04 Å². The molecule has 0 amide bonds. The van der Waals surface area contributed by atoms with Gasteiger partial charge in [-0.2, -0.15) is 4.31 Å². The molecule has 2 rings (SSSR count). The monoisotopic (exact) mass is 362 g/mol. The standard InChI is InChI=1S/C13H19BrN2O3S/c1-9-8-19-4-3-16(9)20(17,18)13-6-11(7-15)5-12(14)10(13)2/h5-6,9H,3-4,7-8,15H2,1-2H3. The van der Waals surface area contributed by atoms with Crippen LogP contribution in [0.25, 0.3) is 0 Å². The second-order valence-electron chi connectivity index (χ2n) is 4.94. The van der Waals surface area contributed by atoms with Gasteiger partial charge in [-0.25, -0.2) is 8.42 Å². The zero-order valence-electron chi connectivity index (χ0n) is 11.6. The van der Waals surface area contributed by atoms with Crippen LogP contribution in [0.15, 0.2) is 21.5 Å². The van der Waals surface area contributed by atoms with E-state index >= 15 is 0 Å². The fourth-order valence-electron chi connectivity index (χ4n) is 2.29. The summed E-state index contributed by atoms with van der Waals surface area (Å²) in [5, 5.41) is 0. The zero-order chi connectivity index (χ0) is 14.9. The quantitative estimate of drug-likeness (QED) is 0.886. The van der Waals surface area contributed by atoms with Gasteiger partial charge in [0.15, 0.2) is 0 Å². The van der Waals surface area contributed by atoms with Gasteiger partial charge in [0.25, 0.3) is 0 Å². The van der Waals surface area contributed by atoms with Crippen LogP contribution >= 0.6 is 15.9 Å². The second kappa shape index (κ2) is 6.11. The summed E-state index contributed by atoms with van der Waals surface area (Å²) < 4.78 is 33.3. The molecule has 0 aromatic heterocycles. The molecule has 1 saturated heterocycles. The van der Waals surface area contributed by atoms with Gasteiger partial charge in [0, 0.05) is 23.6 Å². The van der Waals surface area contributed by atoms with Crippen LogP contribution in [0.3, 0.4) is 0 Å². The van der Waals surface area contributed by atoms with Crippen LogP contribution in [0.1, 0.15) is 18.1 Å². The number of rotatable bonds is 3. The van der Waals surface area contributed by atoms with Crippen LogP contribution in [-0.4, -0.2) is 38.5 Å². The first-order valence-electron chi connectivity index (χ1n) is 6.46. The molecule has 7 heteroatoms. The summed E-state index contributed by atoms with van der Waals surface area (Å²) in [5.41, 5.74) is 7.14. The summed E-state index contributed by atoms with van der Waals surface area (Å²) in [5.74, 6) is 0. The predicted molar refractivity (Wildman–Crippen MR) is 80.9 cm³/mol. The number of halogens is 1. The van der Waals surface area contributed by atoms with Gasteiger partial charge in [0.2, 0.25) is 10.0 Å². The summed E-state index contributed by atoms with van der Waals surface area (Å²) in [7, 11) is -3.53. The van der Waals surface area contributed by atoms with E-state index in [1.165, 1.54) is 4.31 Å². The SMILES string of the molecule is Cc1c(Br)cc(CN)cc1S(=O)(=O)N1CCOCC1C.